The van der Waals surface area contributed by atoms with E-state index in [0.717, 1.165) is 5.56 Å². The minimum absolute atomic E-state index is 0.193. The molecule has 0 saturated heterocycles. The summed E-state index contributed by atoms with van der Waals surface area (Å²) < 4.78 is 18.9. The lowest BCUT2D eigenvalue weighted by Gasteiger charge is -2.17. The van der Waals surface area contributed by atoms with Gasteiger partial charge in [0.2, 0.25) is 0 Å². The molecule has 0 spiro atoms. The van der Waals surface area contributed by atoms with Crippen molar-refractivity contribution >= 4 is 11.6 Å². The monoisotopic (exact) mass is 355 g/mol. The average Bonchev–Trinajstić information content (AvgIpc) is 2.64. The van der Waals surface area contributed by atoms with Gasteiger partial charge in [-0.1, -0.05) is 41.9 Å². The lowest BCUT2D eigenvalue weighted by atomic mass is 10.1. The van der Waals surface area contributed by atoms with E-state index in [1.54, 1.807) is 18.2 Å². The molecule has 0 saturated carbocycles. The van der Waals surface area contributed by atoms with Crippen LogP contribution in [-0.4, -0.2) is 0 Å². The zero-order chi connectivity index (χ0) is 17.6. The van der Waals surface area contributed by atoms with Crippen molar-refractivity contribution in [2.45, 2.75) is 19.5 Å². The maximum absolute atomic E-state index is 13.0. The van der Waals surface area contributed by atoms with Gasteiger partial charge in [-0.05, 0) is 55.0 Å². The summed E-state index contributed by atoms with van der Waals surface area (Å²) in [5, 5.41) is 4.13. The van der Waals surface area contributed by atoms with Crippen molar-refractivity contribution in [3.63, 3.8) is 0 Å². The fourth-order valence-electron chi connectivity index (χ4n) is 2.54. The molecular weight excluding hydrogens is 337 g/mol. The first kappa shape index (κ1) is 17.5. The van der Waals surface area contributed by atoms with Gasteiger partial charge in [-0.2, -0.15) is 0 Å². The van der Waals surface area contributed by atoms with Gasteiger partial charge in [-0.3, -0.25) is 0 Å². The summed E-state index contributed by atoms with van der Waals surface area (Å²) in [4.78, 5) is 0. The number of halogens is 2. The molecule has 0 radical (unpaired) electrons. The molecule has 0 aliphatic carbocycles. The summed E-state index contributed by atoms with van der Waals surface area (Å²) in [6.45, 7) is 2.72. The molecule has 25 heavy (non-hydrogen) atoms. The first-order valence-electron chi connectivity index (χ1n) is 8.12. The van der Waals surface area contributed by atoms with Gasteiger partial charge in [0.1, 0.15) is 17.3 Å². The largest absolute Gasteiger partial charge is 0.457 e. The van der Waals surface area contributed by atoms with Crippen LogP contribution in [0.3, 0.4) is 0 Å². The molecule has 1 atom stereocenters. The highest BCUT2D eigenvalue weighted by molar-refractivity contribution is 6.30. The molecular formula is C21H19ClFNO. The molecule has 0 unspecified atom stereocenters. The standard InChI is InChI=1S/C21H19ClFNO/c1-15(16-5-3-2-4-6-16)24-14-17-13-18(22)7-12-21(17)25-20-10-8-19(23)9-11-20/h2-13,15,24H,14H2,1H3/t15-/m0/s1. The topological polar surface area (TPSA) is 21.3 Å². The average molecular weight is 356 g/mol. The molecule has 0 aromatic heterocycles. The van der Waals surface area contributed by atoms with E-state index in [-0.39, 0.29) is 11.9 Å². The molecule has 3 aromatic rings. The quantitative estimate of drug-likeness (QED) is 0.575. The van der Waals surface area contributed by atoms with Crippen LogP contribution in [0, 0.1) is 5.82 Å². The van der Waals surface area contributed by atoms with Gasteiger partial charge in [-0.25, -0.2) is 4.39 Å². The molecule has 0 aliphatic heterocycles. The molecule has 0 bridgehead atoms. The van der Waals surface area contributed by atoms with E-state index < -0.39 is 0 Å². The van der Waals surface area contributed by atoms with Gasteiger partial charge in [0, 0.05) is 23.2 Å². The molecule has 0 aliphatic rings. The second-order valence-corrected chi connectivity index (χ2v) is 6.26. The Kier molecular flexibility index (Phi) is 5.69. The number of rotatable bonds is 6. The van der Waals surface area contributed by atoms with Crippen LogP contribution in [0.4, 0.5) is 4.39 Å². The Labute approximate surface area is 152 Å². The number of nitrogens with one attached hydrogen (secondary N) is 1. The van der Waals surface area contributed by atoms with Gasteiger partial charge < -0.3 is 10.1 Å². The predicted molar refractivity (Wildman–Crippen MR) is 99.6 cm³/mol. The van der Waals surface area contributed by atoms with Gasteiger partial charge in [0.05, 0.1) is 0 Å². The van der Waals surface area contributed by atoms with E-state index >= 15 is 0 Å². The number of hydrogen-bond acceptors (Lipinski definition) is 2. The fraction of sp³-hybridized carbons (Fsp3) is 0.143. The zero-order valence-corrected chi connectivity index (χ0v) is 14.6. The normalized spacial score (nSPS) is 12.0. The minimum Gasteiger partial charge on any atom is -0.457 e. The van der Waals surface area contributed by atoms with Gasteiger partial charge in [0.25, 0.3) is 0 Å². The van der Waals surface area contributed by atoms with Crippen molar-refractivity contribution in [1.29, 1.82) is 0 Å². The van der Waals surface area contributed by atoms with Crippen molar-refractivity contribution in [1.82, 2.24) is 5.32 Å². The summed E-state index contributed by atoms with van der Waals surface area (Å²) in [6, 6.07) is 21.9. The molecule has 3 rings (SSSR count). The Morgan fingerprint density at radius 3 is 2.44 bits per heavy atom. The van der Waals surface area contributed by atoms with E-state index in [0.29, 0.717) is 23.1 Å². The van der Waals surface area contributed by atoms with Gasteiger partial charge in [0.15, 0.2) is 0 Å². The maximum atomic E-state index is 13.0. The minimum atomic E-state index is -0.290. The summed E-state index contributed by atoms with van der Waals surface area (Å²) in [6.07, 6.45) is 0. The van der Waals surface area contributed by atoms with Crippen LogP contribution >= 0.6 is 11.6 Å². The summed E-state index contributed by atoms with van der Waals surface area (Å²) in [5.41, 5.74) is 2.16. The number of ether oxygens (including phenoxy) is 1. The SMILES string of the molecule is C[C@H](NCc1cc(Cl)ccc1Oc1ccc(F)cc1)c1ccccc1. The Bertz CT molecular complexity index is 821. The van der Waals surface area contributed by atoms with Crippen molar-refractivity contribution in [2.24, 2.45) is 0 Å². The Morgan fingerprint density at radius 2 is 1.72 bits per heavy atom. The molecule has 0 amide bonds. The summed E-state index contributed by atoms with van der Waals surface area (Å²) in [7, 11) is 0. The first-order valence-corrected chi connectivity index (χ1v) is 8.50. The third kappa shape index (κ3) is 4.81. The van der Waals surface area contributed by atoms with Crippen LogP contribution in [0.5, 0.6) is 11.5 Å². The highest BCUT2D eigenvalue weighted by atomic mass is 35.5. The molecule has 0 fully saturated rings. The van der Waals surface area contributed by atoms with Crippen LogP contribution in [-0.2, 0) is 6.54 Å². The van der Waals surface area contributed by atoms with Crippen molar-refractivity contribution in [2.75, 3.05) is 0 Å². The van der Waals surface area contributed by atoms with E-state index in [9.17, 15) is 4.39 Å². The molecule has 128 valence electrons. The van der Waals surface area contributed by atoms with E-state index in [2.05, 4.69) is 24.4 Å². The lowest BCUT2D eigenvalue weighted by molar-refractivity contribution is 0.467. The van der Waals surface area contributed by atoms with Crippen LogP contribution in [0.15, 0.2) is 72.8 Å². The maximum Gasteiger partial charge on any atom is 0.132 e. The van der Waals surface area contributed by atoms with Crippen molar-refractivity contribution in [3.05, 3.63) is 94.8 Å². The predicted octanol–water partition coefficient (Wildman–Crippen LogP) is 6.12. The summed E-state index contributed by atoms with van der Waals surface area (Å²) in [5.74, 6) is 0.992. The van der Waals surface area contributed by atoms with Gasteiger partial charge >= 0.3 is 0 Å². The van der Waals surface area contributed by atoms with Crippen molar-refractivity contribution < 1.29 is 9.13 Å². The summed E-state index contributed by atoms with van der Waals surface area (Å²) >= 11 is 6.14. The van der Waals surface area contributed by atoms with Crippen LogP contribution in [0.2, 0.25) is 5.02 Å². The Balaban J connectivity index is 1.74. The first-order chi connectivity index (χ1) is 12.1. The molecule has 4 heteroatoms. The van der Waals surface area contributed by atoms with E-state index in [1.807, 2.05) is 30.3 Å². The number of benzene rings is 3. The molecule has 1 N–H and O–H groups in total. The fourth-order valence-corrected chi connectivity index (χ4v) is 2.73. The second kappa shape index (κ2) is 8.15. The van der Waals surface area contributed by atoms with E-state index in [4.69, 9.17) is 16.3 Å². The third-order valence-electron chi connectivity index (χ3n) is 3.96. The van der Waals surface area contributed by atoms with Crippen molar-refractivity contribution in [3.8, 4) is 11.5 Å². The smallest absolute Gasteiger partial charge is 0.132 e. The van der Waals surface area contributed by atoms with Gasteiger partial charge in [-0.15, -0.1) is 0 Å². The van der Waals surface area contributed by atoms with Crippen LogP contribution in [0.1, 0.15) is 24.1 Å². The Morgan fingerprint density at radius 1 is 1.00 bits per heavy atom. The lowest BCUT2D eigenvalue weighted by Crippen LogP contribution is -2.18. The molecule has 0 heterocycles. The van der Waals surface area contributed by atoms with E-state index in [1.165, 1.54) is 17.7 Å². The second-order valence-electron chi connectivity index (χ2n) is 5.82. The molecule has 3 aromatic carbocycles. The zero-order valence-electron chi connectivity index (χ0n) is 13.9. The third-order valence-corrected chi connectivity index (χ3v) is 4.20. The highest BCUT2D eigenvalue weighted by Gasteiger charge is 2.09. The molecule has 2 nitrogen and oxygen atoms in total. The van der Waals surface area contributed by atoms with Crippen LogP contribution in [0.25, 0.3) is 0 Å². The highest BCUT2D eigenvalue weighted by Crippen LogP contribution is 2.28. The Hall–Kier alpha value is -2.36. The van der Waals surface area contributed by atoms with Crippen LogP contribution < -0.4 is 10.1 Å². The number of hydrogen-bond donors (Lipinski definition) is 1.